The lowest BCUT2D eigenvalue weighted by Crippen LogP contribution is -2.46. The second-order valence-electron chi connectivity index (χ2n) is 6.20. The summed E-state index contributed by atoms with van der Waals surface area (Å²) in [6.45, 7) is 1.79. The molecule has 0 aromatic heterocycles. The van der Waals surface area contributed by atoms with E-state index in [1.54, 1.807) is 31.2 Å². The van der Waals surface area contributed by atoms with Gasteiger partial charge in [-0.1, -0.05) is 23.7 Å². The number of benzene rings is 1. The summed E-state index contributed by atoms with van der Waals surface area (Å²) in [5.74, 6) is -0.504. The first-order valence-electron chi connectivity index (χ1n) is 7.55. The fraction of sp³-hybridized carbons (Fsp3) is 0.438. The third kappa shape index (κ3) is 3.17. The summed E-state index contributed by atoms with van der Waals surface area (Å²) in [6, 6.07) is 6.59. The highest BCUT2D eigenvalue weighted by Crippen LogP contribution is 2.42. The number of carbonyl (C=O) groups is 3. The second kappa shape index (κ2) is 5.85. The summed E-state index contributed by atoms with van der Waals surface area (Å²) >= 11 is 5.80. The van der Waals surface area contributed by atoms with Crippen molar-refractivity contribution in [3.05, 3.63) is 34.9 Å². The lowest BCUT2D eigenvalue weighted by molar-refractivity contribution is -0.135. The average molecular weight is 336 g/mol. The van der Waals surface area contributed by atoms with Crippen LogP contribution < -0.4 is 10.6 Å². The van der Waals surface area contributed by atoms with Crippen molar-refractivity contribution in [3.63, 3.8) is 0 Å². The van der Waals surface area contributed by atoms with E-state index in [4.69, 9.17) is 11.6 Å². The Bertz CT molecular complexity index is 657. The minimum Gasteiger partial charge on any atom is -0.350 e. The number of amides is 4. The topological polar surface area (TPSA) is 78.5 Å². The number of nitrogens with zero attached hydrogens (tertiary/aromatic N) is 1. The highest BCUT2D eigenvalue weighted by molar-refractivity contribution is 6.30. The summed E-state index contributed by atoms with van der Waals surface area (Å²) in [4.78, 5) is 37.4. The third-order valence-corrected chi connectivity index (χ3v) is 4.65. The lowest BCUT2D eigenvalue weighted by atomic mass is 9.96. The Morgan fingerprint density at radius 1 is 1.35 bits per heavy atom. The van der Waals surface area contributed by atoms with Gasteiger partial charge < -0.3 is 10.6 Å². The number of urea groups is 1. The number of nitrogens with one attached hydrogen (secondary N) is 2. The second-order valence-corrected chi connectivity index (χ2v) is 6.64. The molecule has 1 heterocycles. The van der Waals surface area contributed by atoms with Gasteiger partial charge in [0.25, 0.3) is 5.91 Å². The first-order valence-corrected chi connectivity index (χ1v) is 7.93. The molecule has 0 bridgehead atoms. The minimum absolute atomic E-state index is 0.182. The molecule has 1 saturated heterocycles. The molecule has 1 aromatic rings. The predicted octanol–water partition coefficient (Wildman–Crippen LogP) is 1.68. The summed E-state index contributed by atoms with van der Waals surface area (Å²) in [5, 5.41) is 6.05. The van der Waals surface area contributed by atoms with Crippen LogP contribution in [0.1, 0.15) is 25.3 Å². The Morgan fingerprint density at radius 3 is 2.61 bits per heavy atom. The Hall–Kier alpha value is -2.08. The van der Waals surface area contributed by atoms with E-state index in [9.17, 15) is 14.4 Å². The molecule has 1 aliphatic heterocycles. The monoisotopic (exact) mass is 335 g/mol. The minimum atomic E-state index is -0.854. The molecule has 23 heavy (non-hydrogen) atoms. The number of carbonyl (C=O) groups excluding carboxylic acids is 3. The van der Waals surface area contributed by atoms with Gasteiger partial charge in [-0.2, -0.15) is 0 Å². The Labute approximate surface area is 139 Å². The van der Waals surface area contributed by atoms with Crippen LogP contribution in [-0.2, 0) is 16.1 Å². The molecule has 7 heteroatoms. The van der Waals surface area contributed by atoms with Gasteiger partial charge in [0.2, 0.25) is 5.91 Å². The van der Waals surface area contributed by atoms with Crippen molar-refractivity contribution in [2.45, 2.75) is 31.8 Å². The molecule has 0 spiro atoms. The third-order valence-electron chi connectivity index (χ3n) is 4.40. The zero-order chi connectivity index (χ0) is 16.6. The molecule has 0 radical (unpaired) electrons. The smallest absolute Gasteiger partial charge is 0.325 e. The van der Waals surface area contributed by atoms with Gasteiger partial charge in [-0.05, 0) is 43.4 Å². The van der Waals surface area contributed by atoms with Gasteiger partial charge in [0, 0.05) is 11.6 Å². The van der Waals surface area contributed by atoms with Gasteiger partial charge in [-0.25, -0.2) is 4.79 Å². The van der Waals surface area contributed by atoms with Crippen molar-refractivity contribution < 1.29 is 14.4 Å². The van der Waals surface area contributed by atoms with Crippen LogP contribution in [0.2, 0.25) is 5.02 Å². The van der Waals surface area contributed by atoms with Crippen LogP contribution in [0.4, 0.5) is 4.79 Å². The van der Waals surface area contributed by atoms with Crippen molar-refractivity contribution in [2.24, 2.45) is 5.92 Å². The fourth-order valence-corrected chi connectivity index (χ4v) is 2.93. The highest BCUT2D eigenvalue weighted by atomic mass is 35.5. The van der Waals surface area contributed by atoms with Crippen LogP contribution >= 0.6 is 11.6 Å². The number of hydrogen-bond donors (Lipinski definition) is 2. The fourth-order valence-electron chi connectivity index (χ4n) is 2.80. The molecule has 2 fully saturated rings. The largest absolute Gasteiger partial charge is 0.350 e. The molecule has 2 N–H and O–H groups in total. The van der Waals surface area contributed by atoms with Crippen molar-refractivity contribution in [1.82, 2.24) is 15.5 Å². The zero-order valence-corrected chi connectivity index (χ0v) is 13.5. The molecular formula is C16H18ClN3O3. The maximum Gasteiger partial charge on any atom is 0.325 e. The number of rotatable bonds is 5. The lowest BCUT2D eigenvalue weighted by Gasteiger charge is -2.20. The molecule has 6 nitrogen and oxygen atoms in total. The van der Waals surface area contributed by atoms with Gasteiger partial charge in [0.15, 0.2) is 0 Å². The molecule has 1 atom stereocenters. The normalized spacial score (nSPS) is 23.8. The van der Waals surface area contributed by atoms with Crippen LogP contribution in [0, 0.1) is 5.92 Å². The molecule has 2 aliphatic rings. The van der Waals surface area contributed by atoms with E-state index in [1.165, 1.54) is 0 Å². The van der Waals surface area contributed by atoms with E-state index in [2.05, 4.69) is 10.6 Å². The molecule has 3 rings (SSSR count). The van der Waals surface area contributed by atoms with Crippen LogP contribution in [0.3, 0.4) is 0 Å². The van der Waals surface area contributed by atoms with Gasteiger partial charge in [0.05, 0.1) is 0 Å². The van der Waals surface area contributed by atoms with Crippen LogP contribution in [0.15, 0.2) is 24.3 Å². The van der Waals surface area contributed by atoms with Gasteiger partial charge in [-0.3, -0.25) is 14.5 Å². The standard InChI is InChI=1S/C16H18ClN3O3/c1-16(11-4-5-11)14(22)20(15(23)19-16)9-13(21)18-8-10-2-6-12(17)7-3-10/h2-3,6-7,11H,4-5,8-9H2,1H3,(H,18,21)(H,19,23)/t16-/m0/s1. The van der Waals surface area contributed by atoms with E-state index < -0.39 is 11.6 Å². The molecular weight excluding hydrogens is 318 g/mol. The average Bonchev–Trinajstić information content (AvgIpc) is 3.33. The van der Waals surface area contributed by atoms with Gasteiger partial charge in [-0.15, -0.1) is 0 Å². The van der Waals surface area contributed by atoms with Crippen LogP contribution in [-0.4, -0.2) is 34.8 Å². The Balaban J connectivity index is 1.56. The zero-order valence-electron chi connectivity index (χ0n) is 12.8. The SMILES string of the molecule is C[C@@]1(C2CC2)NC(=O)N(CC(=O)NCc2ccc(Cl)cc2)C1=O. The highest BCUT2D eigenvalue weighted by Gasteiger charge is 2.56. The molecule has 1 saturated carbocycles. The van der Waals surface area contributed by atoms with Crippen molar-refractivity contribution in [1.29, 1.82) is 0 Å². The van der Waals surface area contributed by atoms with E-state index in [0.29, 0.717) is 11.6 Å². The van der Waals surface area contributed by atoms with E-state index in [0.717, 1.165) is 23.3 Å². The predicted molar refractivity (Wildman–Crippen MR) is 84.7 cm³/mol. The first-order chi connectivity index (χ1) is 10.9. The molecule has 1 aliphatic carbocycles. The van der Waals surface area contributed by atoms with Crippen molar-refractivity contribution in [3.8, 4) is 0 Å². The quantitative estimate of drug-likeness (QED) is 0.803. The number of halogens is 1. The summed E-state index contributed by atoms with van der Waals surface area (Å²) < 4.78 is 0. The maximum absolute atomic E-state index is 12.4. The van der Waals surface area contributed by atoms with Crippen LogP contribution in [0.25, 0.3) is 0 Å². The molecule has 0 unspecified atom stereocenters. The van der Waals surface area contributed by atoms with Crippen LogP contribution in [0.5, 0.6) is 0 Å². The van der Waals surface area contributed by atoms with E-state index in [1.807, 2.05) is 0 Å². The molecule has 122 valence electrons. The summed E-state index contributed by atoms with van der Waals surface area (Å²) in [5.41, 5.74) is 0.0378. The van der Waals surface area contributed by atoms with Crippen molar-refractivity contribution >= 4 is 29.4 Å². The Kier molecular flexibility index (Phi) is 4.02. The van der Waals surface area contributed by atoms with E-state index >= 15 is 0 Å². The van der Waals surface area contributed by atoms with Crippen molar-refractivity contribution in [2.75, 3.05) is 6.54 Å². The Morgan fingerprint density at radius 2 is 2.00 bits per heavy atom. The maximum atomic E-state index is 12.4. The number of hydrogen-bond acceptors (Lipinski definition) is 3. The van der Waals surface area contributed by atoms with E-state index in [-0.39, 0.29) is 24.3 Å². The molecule has 4 amide bonds. The summed E-state index contributed by atoms with van der Waals surface area (Å²) in [7, 11) is 0. The van der Waals surface area contributed by atoms with Gasteiger partial charge in [0.1, 0.15) is 12.1 Å². The number of imide groups is 1. The summed E-state index contributed by atoms with van der Waals surface area (Å²) in [6.07, 6.45) is 1.86. The van der Waals surface area contributed by atoms with Gasteiger partial charge >= 0.3 is 6.03 Å². The first kappa shape index (κ1) is 15.8. The molecule has 1 aromatic carbocycles.